The lowest BCUT2D eigenvalue weighted by Crippen LogP contribution is -2.08. The summed E-state index contributed by atoms with van der Waals surface area (Å²) < 4.78 is 13.7. The Kier molecular flexibility index (Phi) is 2.41. The molecule has 3 heteroatoms. The van der Waals surface area contributed by atoms with E-state index in [4.69, 9.17) is 0 Å². The lowest BCUT2D eigenvalue weighted by atomic mass is 9.95. The summed E-state index contributed by atoms with van der Waals surface area (Å²) in [5, 5.41) is 10.5. The Balaban J connectivity index is 1.58. The van der Waals surface area contributed by atoms with E-state index < -0.39 is 6.10 Å². The number of rotatable bonds is 2. The van der Waals surface area contributed by atoms with Crippen molar-refractivity contribution in [2.24, 2.45) is 29.6 Å². The number of halogens is 2. The third kappa shape index (κ3) is 1.47. The zero-order chi connectivity index (χ0) is 12.4. The highest BCUT2D eigenvalue weighted by Gasteiger charge is 2.66. The summed E-state index contributed by atoms with van der Waals surface area (Å²) in [7, 11) is 0. The van der Waals surface area contributed by atoms with Gasteiger partial charge in [0.05, 0.1) is 10.6 Å². The van der Waals surface area contributed by atoms with Crippen LogP contribution in [0.3, 0.4) is 0 Å². The zero-order valence-corrected chi connectivity index (χ0v) is 11.6. The molecule has 0 saturated heterocycles. The number of fused-ring (bicyclic) bond motifs is 5. The van der Waals surface area contributed by atoms with Gasteiger partial charge in [-0.05, 0) is 82.5 Å². The number of hydrogen-bond donors (Lipinski definition) is 1. The van der Waals surface area contributed by atoms with Crippen LogP contribution in [0.1, 0.15) is 30.9 Å². The molecule has 96 valence electrons. The molecule has 3 fully saturated rings. The van der Waals surface area contributed by atoms with Gasteiger partial charge in [-0.3, -0.25) is 0 Å². The van der Waals surface area contributed by atoms with E-state index in [9.17, 15) is 9.50 Å². The van der Waals surface area contributed by atoms with Crippen LogP contribution in [-0.4, -0.2) is 5.11 Å². The van der Waals surface area contributed by atoms with Crippen LogP contribution in [0, 0.1) is 35.4 Å². The smallest absolute Gasteiger partial charge is 0.137 e. The van der Waals surface area contributed by atoms with E-state index >= 15 is 0 Å². The topological polar surface area (TPSA) is 20.2 Å². The molecule has 1 N–H and O–H groups in total. The summed E-state index contributed by atoms with van der Waals surface area (Å²) in [5.41, 5.74) is 0.863. The molecule has 1 nitrogen and oxygen atoms in total. The average molecular weight is 311 g/mol. The lowest BCUT2D eigenvalue weighted by Gasteiger charge is -2.16. The molecule has 0 amide bonds. The molecule has 3 aliphatic rings. The van der Waals surface area contributed by atoms with Crippen LogP contribution in [-0.2, 0) is 0 Å². The maximum absolute atomic E-state index is 13.2. The number of aliphatic hydroxyl groups is 1. The molecule has 0 radical (unpaired) electrons. The Morgan fingerprint density at radius 1 is 1.22 bits per heavy atom. The van der Waals surface area contributed by atoms with Crippen molar-refractivity contribution in [1.29, 1.82) is 0 Å². The number of hydrogen-bond acceptors (Lipinski definition) is 1. The van der Waals surface area contributed by atoms with E-state index in [1.54, 1.807) is 12.1 Å². The van der Waals surface area contributed by atoms with Crippen LogP contribution in [0.2, 0.25) is 0 Å². The molecule has 0 heterocycles. The van der Waals surface area contributed by atoms with Crippen molar-refractivity contribution in [1.82, 2.24) is 0 Å². The minimum Gasteiger partial charge on any atom is -0.388 e. The Morgan fingerprint density at radius 2 is 1.89 bits per heavy atom. The van der Waals surface area contributed by atoms with Gasteiger partial charge in [0.25, 0.3) is 0 Å². The van der Waals surface area contributed by atoms with Gasteiger partial charge in [-0.25, -0.2) is 4.39 Å². The Bertz CT molecular complexity index is 487. The highest BCUT2D eigenvalue weighted by Crippen LogP contribution is 2.72. The molecular formula is C15H16BrFO. The third-order valence-electron chi connectivity index (χ3n) is 5.44. The van der Waals surface area contributed by atoms with Crippen molar-refractivity contribution in [3.8, 4) is 0 Å². The average Bonchev–Trinajstić information content (AvgIpc) is 2.80. The summed E-state index contributed by atoms with van der Waals surface area (Å²) in [6, 6.07) is 4.89. The van der Waals surface area contributed by atoms with Crippen LogP contribution in [0.15, 0.2) is 22.7 Å². The van der Waals surface area contributed by atoms with Gasteiger partial charge in [0, 0.05) is 0 Å². The molecule has 0 aromatic heterocycles. The van der Waals surface area contributed by atoms with Crippen LogP contribution < -0.4 is 0 Å². The standard InChI is InChI=1S/C15H16BrFO/c16-10-6-9(3-4-11(10)17)15(18)14-12-7-1-2-8(5-7)13(12)14/h3-4,6-8,12-15,18H,1-2,5H2. The van der Waals surface area contributed by atoms with E-state index in [2.05, 4.69) is 15.9 Å². The second kappa shape index (κ2) is 3.80. The first kappa shape index (κ1) is 11.4. The molecule has 3 aliphatic carbocycles. The molecule has 1 aromatic carbocycles. The van der Waals surface area contributed by atoms with Crippen molar-refractivity contribution in [2.75, 3.05) is 0 Å². The Labute approximate surface area is 115 Å². The maximum atomic E-state index is 13.2. The molecule has 5 unspecified atom stereocenters. The monoisotopic (exact) mass is 310 g/mol. The number of benzene rings is 1. The quantitative estimate of drug-likeness (QED) is 0.878. The summed E-state index contributed by atoms with van der Waals surface area (Å²) in [4.78, 5) is 0. The molecule has 2 bridgehead atoms. The van der Waals surface area contributed by atoms with Gasteiger partial charge < -0.3 is 5.11 Å². The van der Waals surface area contributed by atoms with Gasteiger partial charge in [-0.1, -0.05) is 6.07 Å². The molecule has 0 aliphatic heterocycles. The van der Waals surface area contributed by atoms with Crippen LogP contribution >= 0.6 is 15.9 Å². The van der Waals surface area contributed by atoms with Gasteiger partial charge in [0.1, 0.15) is 5.82 Å². The van der Waals surface area contributed by atoms with Crippen molar-refractivity contribution >= 4 is 15.9 Å². The van der Waals surface area contributed by atoms with E-state index in [1.165, 1.54) is 25.3 Å². The van der Waals surface area contributed by atoms with E-state index in [0.717, 1.165) is 29.2 Å². The van der Waals surface area contributed by atoms with Gasteiger partial charge in [0.2, 0.25) is 0 Å². The first-order valence-corrected chi connectivity index (χ1v) is 7.59. The van der Waals surface area contributed by atoms with Gasteiger partial charge in [-0.15, -0.1) is 0 Å². The summed E-state index contributed by atoms with van der Waals surface area (Å²) >= 11 is 3.20. The second-order valence-corrected chi connectivity index (χ2v) is 7.04. The molecule has 5 atom stereocenters. The Hall–Kier alpha value is -0.410. The largest absolute Gasteiger partial charge is 0.388 e. The van der Waals surface area contributed by atoms with Gasteiger partial charge in [-0.2, -0.15) is 0 Å². The van der Waals surface area contributed by atoms with Crippen molar-refractivity contribution < 1.29 is 9.50 Å². The molecule has 4 rings (SSSR count). The molecular weight excluding hydrogens is 295 g/mol. The van der Waals surface area contributed by atoms with E-state index in [-0.39, 0.29) is 5.82 Å². The SMILES string of the molecule is OC(c1ccc(F)c(Br)c1)C1C2C3CCC(C3)C21. The first-order chi connectivity index (χ1) is 8.66. The van der Waals surface area contributed by atoms with E-state index in [1.807, 2.05) is 0 Å². The molecule has 18 heavy (non-hydrogen) atoms. The minimum atomic E-state index is -0.403. The summed E-state index contributed by atoms with van der Waals surface area (Å²) in [6.45, 7) is 0. The maximum Gasteiger partial charge on any atom is 0.137 e. The fourth-order valence-electron chi connectivity index (χ4n) is 4.73. The highest BCUT2D eigenvalue weighted by molar-refractivity contribution is 9.10. The lowest BCUT2D eigenvalue weighted by molar-refractivity contribution is 0.130. The fourth-order valence-corrected chi connectivity index (χ4v) is 5.13. The first-order valence-electron chi connectivity index (χ1n) is 6.80. The molecule has 3 saturated carbocycles. The third-order valence-corrected chi connectivity index (χ3v) is 6.05. The van der Waals surface area contributed by atoms with Crippen molar-refractivity contribution in [3.63, 3.8) is 0 Å². The fraction of sp³-hybridized carbons (Fsp3) is 0.600. The highest BCUT2D eigenvalue weighted by atomic mass is 79.9. The number of aliphatic hydroxyl groups excluding tert-OH is 1. The van der Waals surface area contributed by atoms with Gasteiger partial charge >= 0.3 is 0 Å². The van der Waals surface area contributed by atoms with Crippen LogP contribution in [0.4, 0.5) is 4.39 Å². The summed E-state index contributed by atoms with van der Waals surface area (Å²) in [6.07, 6.45) is 3.72. The van der Waals surface area contributed by atoms with Crippen LogP contribution in [0.25, 0.3) is 0 Å². The minimum absolute atomic E-state index is 0.262. The van der Waals surface area contributed by atoms with Crippen LogP contribution in [0.5, 0.6) is 0 Å². The van der Waals surface area contributed by atoms with Gasteiger partial charge in [0.15, 0.2) is 0 Å². The predicted molar refractivity (Wildman–Crippen MR) is 70.4 cm³/mol. The Morgan fingerprint density at radius 3 is 2.50 bits per heavy atom. The predicted octanol–water partition coefficient (Wildman–Crippen LogP) is 3.91. The molecule has 0 spiro atoms. The molecule has 1 aromatic rings. The normalized spacial score (nSPS) is 41.8. The second-order valence-electron chi connectivity index (χ2n) is 6.18. The summed E-state index contributed by atoms with van der Waals surface area (Å²) in [5.74, 6) is 3.41. The zero-order valence-electron chi connectivity index (χ0n) is 10.0. The van der Waals surface area contributed by atoms with Crippen molar-refractivity contribution in [3.05, 3.63) is 34.1 Å². The van der Waals surface area contributed by atoms with Crippen molar-refractivity contribution in [2.45, 2.75) is 25.4 Å². The van der Waals surface area contributed by atoms with E-state index in [0.29, 0.717) is 10.4 Å².